The molecule has 1 rings (SSSR count). The van der Waals surface area contributed by atoms with Crippen LogP contribution in [0.15, 0.2) is 24.3 Å². The molecule has 0 atom stereocenters. The summed E-state index contributed by atoms with van der Waals surface area (Å²) in [7, 11) is 0. The minimum absolute atomic E-state index is 0.595. The fourth-order valence-electron chi connectivity index (χ4n) is 0.938. The van der Waals surface area contributed by atoms with Crippen LogP contribution >= 0.6 is 0 Å². The first-order chi connectivity index (χ1) is 6.33. The van der Waals surface area contributed by atoms with E-state index in [2.05, 4.69) is 6.92 Å². The minimum Gasteiger partial charge on any atom is -0.338 e. The molecule has 0 aliphatic heterocycles. The molecule has 0 bridgehead atoms. The van der Waals surface area contributed by atoms with Gasteiger partial charge < -0.3 is 4.89 Å². The van der Waals surface area contributed by atoms with E-state index in [1.54, 1.807) is 0 Å². The Balaban J connectivity index is 2.28. The lowest BCUT2D eigenvalue weighted by Crippen LogP contribution is -1.98. The normalized spacial score (nSPS) is 10.0. The van der Waals surface area contributed by atoms with Gasteiger partial charge in [-0.2, -0.15) is 4.89 Å². The molecule has 0 saturated carbocycles. The summed E-state index contributed by atoms with van der Waals surface area (Å²) in [5.74, 6) is 0.754. The number of rotatable bonds is 5. The van der Waals surface area contributed by atoms with Crippen LogP contribution in [-0.2, 0) is 4.89 Å². The van der Waals surface area contributed by atoms with E-state index in [0.29, 0.717) is 6.61 Å². The Morgan fingerprint density at radius 1 is 1.38 bits per heavy atom. The Kier molecular flexibility index (Phi) is 4.33. The standard InChI is InChI=1S/C11H15O2/c1-3-4-8-12-13-11-7-5-6-10(2)9-11/h5-7,9H,1,3-4,8H2,2H3. The number of benzene rings is 1. The van der Waals surface area contributed by atoms with Gasteiger partial charge in [-0.3, -0.25) is 0 Å². The SMILES string of the molecule is [CH2]CCCOOc1cccc(C)c1. The maximum atomic E-state index is 5.06. The van der Waals surface area contributed by atoms with Crippen LogP contribution in [0.4, 0.5) is 0 Å². The molecule has 0 aliphatic carbocycles. The molecule has 0 heterocycles. The van der Waals surface area contributed by atoms with Gasteiger partial charge in [-0.15, -0.1) is 0 Å². The second-order valence-electron chi connectivity index (χ2n) is 2.93. The maximum Gasteiger partial charge on any atom is 0.165 e. The van der Waals surface area contributed by atoms with Gasteiger partial charge in [0.25, 0.3) is 0 Å². The van der Waals surface area contributed by atoms with Crippen LogP contribution in [0.25, 0.3) is 0 Å². The third-order valence-corrected chi connectivity index (χ3v) is 1.62. The highest BCUT2D eigenvalue weighted by Gasteiger charge is 1.93. The lowest BCUT2D eigenvalue weighted by atomic mass is 10.2. The van der Waals surface area contributed by atoms with E-state index < -0.39 is 0 Å². The van der Waals surface area contributed by atoms with Gasteiger partial charge >= 0.3 is 0 Å². The van der Waals surface area contributed by atoms with Crippen LogP contribution in [0.3, 0.4) is 0 Å². The Bertz CT molecular complexity index is 246. The van der Waals surface area contributed by atoms with Crippen molar-refractivity contribution in [2.45, 2.75) is 19.8 Å². The highest BCUT2D eigenvalue weighted by Crippen LogP contribution is 2.12. The Morgan fingerprint density at radius 2 is 2.23 bits per heavy atom. The van der Waals surface area contributed by atoms with Gasteiger partial charge in [-0.05, 0) is 31.0 Å². The van der Waals surface area contributed by atoms with E-state index in [9.17, 15) is 0 Å². The van der Waals surface area contributed by atoms with Gasteiger partial charge in [-0.1, -0.05) is 25.5 Å². The van der Waals surface area contributed by atoms with Gasteiger partial charge in [-0.25, -0.2) is 0 Å². The van der Waals surface area contributed by atoms with E-state index in [1.807, 2.05) is 31.2 Å². The van der Waals surface area contributed by atoms with E-state index in [-0.39, 0.29) is 0 Å². The molecule has 0 N–H and O–H groups in total. The van der Waals surface area contributed by atoms with Crippen LogP contribution in [0.2, 0.25) is 0 Å². The smallest absolute Gasteiger partial charge is 0.165 e. The zero-order valence-corrected chi connectivity index (χ0v) is 7.95. The van der Waals surface area contributed by atoms with Crippen molar-refractivity contribution in [2.24, 2.45) is 0 Å². The molecule has 0 aromatic heterocycles. The van der Waals surface area contributed by atoms with E-state index in [1.165, 1.54) is 5.56 Å². The van der Waals surface area contributed by atoms with Crippen molar-refractivity contribution in [1.82, 2.24) is 0 Å². The molecule has 0 fully saturated rings. The third-order valence-electron chi connectivity index (χ3n) is 1.62. The molecule has 1 radical (unpaired) electrons. The monoisotopic (exact) mass is 179 g/mol. The van der Waals surface area contributed by atoms with Crippen molar-refractivity contribution in [3.05, 3.63) is 36.8 Å². The summed E-state index contributed by atoms with van der Waals surface area (Å²) in [4.78, 5) is 10.0. The van der Waals surface area contributed by atoms with Crippen LogP contribution in [0, 0.1) is 13.8 Å². The molecule has 0 saturated heterocycles. The van der Waals surface area contributed by atoms with E-state index in [4.69, 9.17) is 9.78 Å². The molecule has 2 nitrogen and oxygen atoms in total. The quantitative estimate of drug-likeness (QED) is 0.393. The second kappa shape index (κ2) is 5.60. The van der Waals surface area contributed by atoms with Gasteiger partial charge in [0.15, 0.2) is 5.75 Å². The van der Waals surface area contributed by atoms with Crippen LogP contribution in [0.1, 0.15) is 18.4 Å². The summed E-state index contributed by atoms with van der Waals surface area (Å²) in [6, 6.07) is 7.76. The lowest BCUT2D eigenvalue weighted by molar-refractivity contribution is -0.207. The summed E-state index contributed by atoms with van der Waals surface area (Å²) >= 11 is 0. The van der Waals surface area contributed by atoms with E-state index >= 15 is 0 Å². The Labute approximate surface area is 79.4 Å². The molecule has 71 valence electrons. The molecular formula is C11H15O2. The number of unbranched alkanes of at least 4 members (excludes halogenated alkanes) is 1. The highest BCUT2D eigenvalue weighted by atomic mass is 17.2. The first-order valence-electron chi connectivity index (χ1n) is 4.48. The fraction of sp³-hybridized carbons (Fsp3) is 0.364. The summed E-state index contributed by atoms with van der Waals surface area (Å²) in [5, 5.41) is 0. The predicted octanol–water partition coefficient (Wildman–Crippen LogP) is 2.92. The van der Waals surface area contributed by atoms with Crippen molar-refractivity contribution in [2.75, 3.05) is 6.61 Å². The van der Waals surface area contributed by atoms with Crippen molar-refractivity contribution in [3.8, 4) is 5.75 Å². The lowest BCUT2D eigenvalue weighted by Gasteiger charge is -2.04. The predicted molar refractivity (Wildman–Crippen MR) is 52.4 cm³/mol. The highest BCUT2D eigenvalue weighted by molar-refractivity contribution is 5.26. The van der Waals surface area contributed by atoms with Gasteiger partial charge in [0.2, 0.25) is 0 Å². The summed E-state index contributed by atoms with van der Waals surface area (Å²) in [5.41, 5.74) is 1.17. The average molecular weight is 179 g/mol. The number of aryl methyl sites for hydroxylation is 1. The molecule has 1 aromatic carbocycles. The maximum absolute atomic E-state index is 5.06. The van der Waals surface area contributed by atoms with Crippen molar-refractivity contribution in [3.63, 3.8) is 0 Å². The number of hydrogen-bond donors (Lipinski definition) is 0. The average Bonchev–Trinajstić information content (AvgIpc) is 2.13. The second-order valence-corrected chi connectivity index (χ2v) is 2.93. The minimum atomic E-state index is 0.595. The van der Waals surface area contributed by atoms with Crippen LogP contribution in [0.5, 0.6) is 5.75 Å². The molecule has 0 amide bonds. The topological polar surface area (TPSA) is 18.5 Å². The zero-order valence-electron chi connectivity index (χ0n) is 7.95. The van der Waals surface area contributed by atoms with E-state index in [0.717, 1.165) is 18.6 Å². The summed E-state index contributed by atoms with van der Waals surface area (Å²) in [6.45, 7) is 6.32. The molecule has 1 aromatic rings. The Morgan fingerprint density at radius 3 is 2.92 bits per heavy atom. The first kappa shape index (κ1) is 10.1. The van der Waals surface area contributed by atoms with Crippen molar-refractivity contribution < 1.29 is 9.78 Å². The van der Waals surface area contributed by atoms with Crippen molar-refractivity contribution >= 4 is 0 Å². The zero-order chi connectivity index (χ0) is 9.52. The number of hydrogen-bond acceptors (Lipinski definition) is 2. The molecule has 0 spiro atoms. The van der Waals surface area contributed by atoms with Gasteiger partial charge in [0.1, 0.15) is 0 Å². The first-order valence-corrected chi connectivity index (χ1v) is 4.48. The fourth-order valence-corrected chi connectivity index (χ4v) is 0.938. The summed E-state index contributed by atoms with van der Waals surface area (Å²) < 4.78 is 0. The Hall–Kier alpha value is -1.02. The van der Waals surface area contributed by atoms with Gasteiger partial charge in [0, 0.05) is 0 Å². The molecule has 0 unspecified atom stereocenters. The molecule has 0 aliphatic rings. The largest absolute Gasteiger partial charge is 0.338 e. The van der Waals surface area contributed by atoms with Gasteiger partial charge in [0.05, 0.1) is 6.61 Å². The van der Waals surface area contributed by atoms with Crippen LogP contribution < -0.4 is 4.89 Å². The molecular weight excluding hydrogens is 164 g/mol. The molecule has 2 heteroatoms. The third kappa shape index (κ3) is 3.95. The van der Waals surface area contributed by atoms with Crippen molar-refractivity contribution in [1.29, 1.82) is 0 Å². The van der Waals surface area contributed by atoms with Crippen LogP contribution in [-0.4, -0.2) is 6.61 Å². The summed E-state index contributed by atoms with van der Waals surface area (Å²) in [6.07, 6.45) is 1.79. The molecule has 13 heavy (non-hydrogen) atoms.